The quantitative estimate of drug-likeness (QED) is 0.356. The Morgan fingerprint density at radius 1 is 1.04 bits per heavy atom. The molecule has 1 aliphatic heterocycles. The van der Waals surface area contributed by atoms with Crippen LogP contribution in [0.3, 0.4) is 0 Å². The molecular formula is C21H39O7-. The van der Waals surface area contributed by atoms with Gasteiger partial charge in [0.15, 0.2) is 6.29 Å². The largest absolute Gasteiger partial charge is 0.550 e. The summed E-state index contributed by atoms with van der Waals surface area (Å²) in [5.74, 6) is -1.19. The Bertz CT molecular complexity index is 418. The summed E-state index contributed by atoms with van der Waals surface area (Å²) in [5, 5.41) is 39.4. The van der Waals surface area contributed by atoms with Crippen LogP contribution in [0.15, 0.2) is 0 Å². The fourth-order valence-electron chi connectivity index (χ4n) is 3.53. The minimum Gasteiger partial charge on any atom is -0.550 e. The third-order valence-corrected chi connectivity index (χ3v) is 5.35. The lowest BCUT2D eigenvalue weighted by Gasteiger charge is -2.36. The van der Waals surface area contributed by atoms with E-state index in [2.05, 4.69) is 0 Å². The van der Waals surface area contributed by atoms with Crippen molar-refractivity contribution in [3.63, 3.8) is 0 Å². The highest BCUT2D eigenvalue weighted by atomic mass is 16.7. The minimum atomic E-state index is -1.19. The molecule has 1 saturated heterocycles. The van der Waals surface area contributed by atoms with Crippen LogP contribution in [-0.2, 0) is 14.3 Å². The van der Waals surface area contributed by atoms with E-state index in [0.29, 0.717) is 6.42 Å². The van der Waals surface area contributed by atoms with Crippen LogP contribution in [0.1, 0.15) is 90.9 Å². The maximum atomic E-state index is 10.3. The highest BCUT2D eigenvalue weighted by molar-refractivity contribution is 5.64. The van der Waals surface area contributed by atoms with Crippen molar-refractivity contribution in [3.8, 4) is 0 Å². The molecule has 7 heteroatoms. The van der Waals surface area contributed by atoms with Gasteiger partial charge in [-0.15, -0.1) is 0 Å². The molecule has 1 aliphatic rings. The van der Waals surface area contributed by atoms with Gasteiger partial charge >= 0.3 is 0 Å². The molecule has 1 rings (SSSR count). The first kappa shape index (κ1) is 25.3. The number of hydrogen-bond acceptors (Lipinski definition) is 7. The standard InChI is InChI=1S/C21H40O7/c1-15(27-21-19(24)14-18(23)16(2)28-21)11-9-7-5-3-4-6-8-10-12-17(22)13-20(25)26/h15-19,21-24H,3-14H2,1-2H3,(H,25,26)/p-1/t15-,16+,17-,18-,19-,21-/m1/s1. The van der Waals surface area contributed by atoms with Crippen LogP contribution >= 0.6 is 0 Å². The van der Waals surface area contributed by atoms with Crippen LogP contribution in [0.4, 0.5) is 0 Å². The number of hydrogen-bond donors (Lipinski definition) is 3. The highest BCUT2D eigenvalue weighted by Crippen LogP contribution is 2.23. The normalized spacial score (nSPS) is 27.5. The zero-order valence-electron chi connectivity index (χ0n) is 17.4. The Morgan fingerprint density at radius 2 is 1.57 bits per heavy atom. The average Bonchev–Trinajstić information content (AvgIpc) is 2.60. The van der Waals surface area contributed by atoms with Gasteiger partial charge in [0.05, 0.1) is 24.4 Å². The zero-order chi connectivity index (χ0) is 20.9. The van der Waals surface area contributed by atoms with Gasteiger partial charge in [-0.05, 0) is 26.7 Å². The molecule has 0 amide bonds. The zero-order valence-corrected chi connectivity index (χ0v) is 17.4. The molecule has 1 heterocycles. The molecule has 0 unspecified atom stereocenters. The SMILES string of the molecule is C[C@H](CCCCCCCCCC[C@@H](O)CC(=O)[O-])O[C@@H]1O[C@@H](C)[C@H](O)C[C@H]1O. The first-order valence-corrected chi connectivity index (χ1v) is 10.8. The number of rotatable bonds is 15. The molecule has 6 atom stereocenters. The van der Waals surface area contributed by atoms with Crippen molar-refractivity contribution < 1.29 is 34.7 Å². The van der Waals surface area contributed by atoms with Crippen LogP contribution in [0.5, 0.6) is 0 Å². The number of carbonyl (C=O) groups is 1. The summed E-state index contributed by atoms with van der Waals surface area (Å²) < 4.78 is 11.3. The maximum absolute atomic E-state index is 10.3. The Balaban J connectivity index is 1.93. The molecule has 0 aromatic heterocycles. The molecule has 3 N–H and O–H groups in total. The Labute approximate surface area is 169 Å². The topological polar surface area (TPSA) is 119 Å². The van der Waals surface area contributed by atoms with Crippen LogP contribution < -0.4 is 5.11 Å². The average molecular weight is 404 g/mol. The van der Waals surface area contributed by atoms with Crippen LogP contribution in [0.25, 0.3) is 0 Å². The second kappa shape index (κ2) is 14.3. The van der Waals surface area contributed by atoms with E-state index in [0.717, 1.165) is 44.9 Å². The Kier molecular flexibility index (Phi) is 12.9. The second-order valence-corrected chi connectivity index (χ2v) is 8.16. The molecule has 0 aromatic rings. The van der Waals surface area contributed by atoms with E-state index in [9.17, 15) is 25.2 Å². The molecule has 0 spiro atoms. The summed E-state index contributed by atoms with van der Waals surface area (Å²) in [6.45, 7) is 3.77. The number of aliphatic hydroxyl groups is 3. The molecule has 1 fully saturated rings. The number of unbranched alkanes of at least 4 members (excludes halogenated alkanes) is 7. The highest BCUT2D eigenvalue weighted by Gasteiger charge is 2.35. The van der Waals surface area contributed by atoms with Gasteiger partial charge in [0.2, 0.25) is 0 Å². The van der Waals surface area contributed by atoms with Crippen molar-refractivity contribution in [2.75, 3.05) is 0 Å². The Morgan fingerprint density at radius 3 is 2.14 bits per heavy atom. The molecule has 0 saturated carbocycles. The van der Waals surface area contributed by atoms with Crippen molar-refractivity contribution >= 4 is 5.97 Å². The molecular weight excluding hydrogens is 364 g/mol. The number of carboxylic acids is 1. The third kappa shape index (κ3) is 11.3. The van der Waals surface area contributed by atoms with E-state index < -0.39 is 30.6 Å². The van der Waals surface area contributed by atoms with Gasteiger partial charge in [-0.1, -0.05) is 51.4 Å². The summed E-state index contributed by atoms with van der Waals surface area (Å²) in [7, 11) is 0. The van der Waals surface area contributed by atoms with Crippen molar-refractivity contribution in [2.24, 2.45) is 0 Å². The molecule has 0 aromatic carbocycles. The van der Waals surface area contributed by atoms with E-state index in [1.54, 1.807) is 6.92 Å². The predicted octanol–water partition coefficient (Wildman–Crippen LogP) is 1.65. The van der Waals surface area contributed by atoms with Gasteiger partial charge < -0.3 is 34.7 Å². The van der Waals surface area contributed by atoms with Crippen molar-refractivity contribution in [2.45, 2.75) is 128 Å². The summed E-state index contributed by atoms with van der Waals surface area (Å²) in [5.41, 5.74) is 0. The molecule has 28 heavy (non-hydrogen) atoms. The van der Waals surface area contributed by atoms with Gasteiger partial charge in [-0.2, -0.15) is 0 Å². The summed E-state index contributed by atoms with van der Waals surface area (Å²) in [6, 6.07) is 0. The van der Waals surface area contributed by atoms with Gasteiger partial charge in [0, 0.05) is 18.8 Å². The first-order chi connectivity index (χ1) is 13.3. The van der Waals surface area contributed by atoms with Crippen molar-refractivity contribution in [3.05, 3.63) is 0 Å². The third-order valence-electron chi connectivity index (χ3n) is 5.35. The number of aliphatic hydroxyl groups excluding tert-OH is 3. The van der Waals surface area contributed by atoms with E-state index >= 15 is 0 Å². The molecule has 0 bridgehead atoms. The molecule has 7 nitrogen and oxygen atoms in total. The van der Waals surface area contributed by atoms with E-state index in [1.165, 1.54) is 12.8 Å². The van der Waals surface area contributed by atoms with Crippen LogP contribution in [0.2, 0.25) is 0 Å². The van der Waals surface area contributed by atoms with Crippen molar-refractivity contribution in [1.29, 1.82) is 0 Å². The lowest BCUT2D eigenvalue weighted by atomic mass is 10.0. The van der Waals surface area contributed by atoms with E-state index in [-0.39, 0.29) is 25.0 Å². The molecule has 0 aliphatic carbocycles. The van der Waals surface area contributed by atoms with Gasteiger partial charge in [0.25, 0.3) is 0 Å². The lowest BCUT2D eigenvalue weighted by molar-refractivity contribution is -0.307. The van der Waals surface area contributed by atoms with E-state index in [4.69, 9.17) is 9.47 Å². The number of carbonyl (C=O) groups excluding carboxylic acids is 1. The van der Waals surface area contributed by atoms with Crippen LogP contribution in [0, 0.1) is 0 Å². The van der Waals surface area contributed by atoms with Gasteiger partial charge in [-0.3, -0.25) is 0 Å². The number of aliphatic carboxylic acids is 1. The molecule has 166 valence electrons. The van der Waals surface area contributed by atoms with Crippen molar-refractivity contribution in [1.82, 2.24) is 0 Å². The summed E-state index contributed by atoms with van der Waals surface area (Å²) in [6.07, 6.45) is 7.00. The van der Waals surface area contributed by atoms with E-state index in [1.807, 2.05) is 6.92 Å². The smallest absolute Gasteiger partial charge is 0.184 e. The molecule has 0 radical (unpaired) electrons. The monoisotopic (exact) mass is 403 g/mol. The summed E-state index contributed by atoms with van der Waals surface area (Å²) in [4.78, 5) is 10.3. The fourth-order valence-corrected chi connectivity index (χ4v) is 3.53. The fraction of sp³-hybridized carbons (Fsp3) is 0.952. The first-order valence-electron chi connectivity index (χ1n) is 10.8. The predicted molar refractivity (Wildman–Crippen MR) is 103 cm³/mol. The second-order valence-electron chi connectivity index (χ2n) is 8.16. The number of ether oxygens (including phenoxy) is 2. The van der Waals surface area contributed by atoms with Crippen LogP contribution in [-0.4, -0.2) is 58.1 Å². The Hall–Kier alpha value is -0.730. The maximum Gasteiger partial charge on any atom is 0.184 e. The number of carboxylic acid groups (broad SMARTS) is 1. The van der Waals surface area contributed by atoms with Gasteiger partial charge in [-0.25, -0.2) is 0 Å². The minimum absolute atomic E-state index is 0.00882. The lowest BCUT2D eigenvalue weighted by Crippen LogP contribution is -2.48. The summed E-state index contributed by atoms with van der Waals surface area (Å²) >= 11 is 0. The van der Waals surface area contributed by atoms with Gasteiger partial charge in [0.1, 0.15) is 6.10 Å².